The van der Waals surface area contributed by atoms with Crippen LogP contribution in [0.2, 0.25) is 0 Å². The molecule has 1 aromatic heterocycles. The van der Waals surface area contributed by atoms with Gasteiger partial charge in [0.25, 0.3) is 5.91 Å². The third-order valence-electron chi connectivity index (χ3n) is 4.45. The Bertz CT molecular complexity index is 567. The van der Waals surface area contributed by atoms with Crippen molar-refractivity contribution >= 4 is 11.8 Å². The fourth-order valence-corrected chi connectivity index (χ4v) is 3.34. The fourth-order valence-electron chi connectivity index (χ4n) is 3.34. The molecule has 0 bridgehead atoms. The third kappa shape index (κ3) is 3.03. The summed E-state index contributed by atoms with van der Waals surface area (Å²) in [5, 5.41) is 0. The van der Waals surface area contributed by atoms with E-state index in [1.807, 2.05) is 36.6 Å². The second-order valence-electron chi connectivity index (χ2n) is 6.28. The molecule has 1 fully saturated rings. The van der Waals surface area contributed by atoms with E-state index >= 15 is 0 Å². The van der Waals surface area contributed by atoms with Crippen molar-refractivity contribution in [3.05, 3.63) is 23.0 Å². The maximum atomic E-state index is 12.8. The Morgan fingerprint density at radius 3 is 2.09 bits per heavy atom. The largest absolute Gasteiger partial charge is 0.346 e. The third-order valence-corrected chi connectivity index (χ3v) is 4.45. The van der Waals surface area contributed by atoms with Crippen LogP contribution in [0.5, 0.6) is 0 Å². The zero-order chi connectivity index (χ0) is 16.4. The molecule has 0 aliphatic carbocycles. The van der Waals surface area contributed by atoms with Gasteiger partial charge >= 0.3 is 0 Å². The molecule has 22 heavy (non-hydrogen) atoms. The van der Waals surface area contributed by atoms with E-state index in [4.69, 9.17) is 0 Å². The molecule has 2 amide bonds. The summed E-state index contributed by atoms with van der Waals surface area (Å²) in [6.45, 7) is 12.7. The molecule has 1 saturated heterocycles. The predicted molar refractivity (Wildman–Crippen MR) is 87.1 cm³/mol. The molecule has 5 nitrogen and oxygen atoms in total. The normalized spacial score (nSPS) is 15.5. The Hall–Kier alpha value is -1.78. The Morgan fingerprint density at radius 1 is 1.09 bits per heavy atom. The second-order valence-corrected chi connectivity index (χ2v) is 6.28. The Morgan fingerprint density at radius 2 is 1.64 bits per heavy atom. The van der Waals surface area contributed by atoms with Gasteiger partial charge in [0.1, 0.15) is 0 Å². The van der Waals surface area contributed by atoms with Crippen LogP contribution >= 0.6 is 0 Å². The molecule has 0 spiro atoms. The van der Waals surface area contributed by atoms with Gasteiger partial charge in [-0.3, -0.25) is 9.59 Å². The summed E-state index contributed by atoms with van der Waals surface area (Å²) >= 11 is 0. The predicted octanol–water partition coefficient (Wildman–Crippen LogP) is 2.38. The molecule has 1 aliphatic rings. The number of hydrogen-bond donors (Lipinski definition) is 0. The topological polar surface area (TPSA) is 45.6 Å². The lowest BCUT2D eigenvalue weighted by molar-refractivity contribution is -0.132. The number of nitrogens with zero attached hydrogens (tertiary/aromatic N) is 3. The van der Waals surface area contributed by atoms with Crippen molar-refractivity contribution in [3.8, 4) is 0 Å². The summed E-state index contributed by atoms with van der Waals surface area (Å²) in [6, 6.07) is 2.34. The number of carbonyl (C=O) groups excluding carboxylic acids is 2. The highest BCUT2D eigenvalue weighted by Crippen LogP contribution is 2.22. The van der Waals surface area contributed by atoms with Crippen molar-refractivity contribution in [1.29, 1.82) is 0 Å². The number of aryl methyl sites for hydroxylation is 1. The first-order valence-electron chi connectivity index (χ1n) is 8.12. The number of aromatic nitrogens is 1. The maximum absolute atomic E-state index is 12.8. The van der Waals surface area contributed by atoms with Crippen LogP contribution in [0, 0.1) is 13.8 Å². The van der Waals surface area contributed by atoms with Crippen molar-refractivity contribution < 1.29 is 9.59 Å². The fraction of sp³-hybridized carbons (Fsp3) is 0.647. The number of hydrogen-bond acceptors (Lipinski definition) is 2. The maximum Gasteiger partial charge on any atom is 0.255 e. The lowest BCUT2D eigenvalue weighted by Gasteiger charge is -2.34. The Kier molecular flexibility index (Phi) is 4.94. The van der Waals surface area contributed by atoms with Gasteiger partial charge in [0.2, 0.25) is 5.91 Å². The standard InChI is InChI=1S/C17H27N3O2/c1-6-16(21)18-7-9-19(10-8-18)17(22)15-11-13(4)20(12(2)3)14(15)5/h11-12H,6-10H2,1-5H3. The van der Waals surface area contributed by atoms with Gasteiger partial charge in [-0.25, -0.2) is 0 Å². The van der Waals surface area contributed by atoms with Crippen LogP contribution in [0.4, 0.5) is 0 Å². The van der Waals surface area contributed by atoms with Gasteiger partial charge in [0, 0.05) is 50.0 Å². The number of piperazine rings is 1. The molecule has 5 heteroatoms. The molecule has 122 valence electrons. The monoisotopic (exact) mass is 305 g/mol. The molecule has 0 unspecified atom stereocenters. The Balaban J connectivity index is 2.11. The van der Waals surface area contributed by atoms with Crippen LogP contribution < -0.4 is 0 Å². The van der Waals surface area contributed by atoms with Gasteiger partial charge in [-0.15, -0.1) is 0 Å². The van der Waals surface area contributed by atoms with Crippen molar-refractivity contribution in [3.63, 3.8) is 0 Å². The summed E-state index contributed by atoms with van der Waals surface area (Å²) in [6.07, 6.45) is 0.531. The number of amides is 2. The van der Waals surface area contributed by atoms with Gasteiger partial charge in [0.05, 0.1) is 5.56 Å². The highest BCUT2D eigenvalue weighted by Gasteiger charge is 2.26. The highest BCUT2D eigenvalue weighted by molar-refractivity contribution is 5.96. The molecular weight excluding hydrogens is 278 g/mol. The van der Waals surface area contributed by atoms with E-state index in [-0.39, 0.29) is 11.8 Å². The zero-order valence-corrected chi connectivity index (χ0v) is 14.3. The van der Waals surface area contributed by atoms with Crippen LogP contribution in [-0.4, -0.2) is 52.4 Å². The van der Waals surface area contributed by atoms with Gasteiger partial charge in [0.15, 0.2) is 0 Å². The minimum atomic E-state index is 0.0867. The van der Waals surface area contributed by atoms with Crippen molar-refractivity contribution in [2.45, 2.75) is 47.1 Å². The lowest BCUT2D eigenvalue weighted by atomic mass is 10.2. The molecule has 0 radical (unpaired) electrons. The van der Waals surface area contributed by atoms with E-state index in [0.29, 0.717) is 38.6 Å². The molecule has 0 N–H and O–H groups in total. The van der Waals surface area contributed by atoms with Crippen molar-refractivity contribution in [2.75, 3.05) is 26.2 Å². The van der Waals surface area contributed by atoms with Gasteiger partial charge in [-0.05, 0) is 33.8 Å². The molecule has 1 aromatic rings. The number of rotatable bonds is 3. The quantitative estimate of drug-likeness (QED) is 0.860. The minimum absolute atomic E-state index is 0.0867. The van der Waals surface area contributed by atoms with E-state index < -0.39 is 0 Å². The van der Waals surface area contributed by atoms with Gasteiger partial charge in [-0.1, -0.05) is 6.92 Å². The van der Waals surface area contributed by atoms with E-state index in [1.54, 1.807) is 0 Å². The average molecular weight is 305 g/mol. The average Bonchev–Trinajstić information content (AvgIpc) is 2.80. The summed E-state index contributed by atoms with van der Waals surface area (Å²) < 4.78 is 2.20. The first-order chi connectivity index (χ1) is 10.4. The van der Waals surface area contributed by atoms with Crippen LogP contribution in [0.1, 0.15) is 55.0 Å². The van der Waals surface area contributed by atoms with Gasteiger partial charge < -0.3 is 14.4 Å². The molecule has 1 aliphatic heterocycles. The summed E-state index contributed by atoms with van der Waals surface area (Å²) in [4.78, 5) is 28.2. The van der Waals surface area contributed by atoms with Crippen LogP contribution in [0.25, 0.3) is 0 Å². The second kappa shape index (κ2) is 6.55. The summed E-state index contributed by atoms with van der Waals surface area (Å²) in [5.41, 5.74) is 2.95. The molecule has 2 heterocycles. The number of carbonyl (C=O) groups is 2. The lowest BCUT2D eigenvalue weighted by Crippen LogP contribution is -2.50. The van der Waals surface area contributed by atoms with E-state index in [2.05, 4.69) is 18.4 Å². The zero-order valence-electron chi connectivity index (χ0n) is 14.3. The SMILES string of the molecule is CCC(=O)N1CCN(C(=O)c2cc(C)n(C(C)C)c2C)CC1. The van der Waals surface area contributed by atoms with Gasteiger partial charge in [-0.2, -0.15) is 0 Å². The molecule has 0 atom stereocenters. The van der Waals surface area contributed by atoms with E-state index in [9.17, 15) is 9.59 Å². The van der Waals surface area contributed by atoms with Crippen LogP contribution in [0.15, 0.2) is 6.07 Å². The van der Waals surface area contributed by atoms with E-state index in [1.165, 1.54) is 0 Å². The minimum Gasteiger partial charge on any atom is -0.346 e. The molecule has 0 aromatic carbocycles. The highest BCUT2D eigenvalue weighted by atomic mass is 16.2. The molecular formula is C17H27N3O2. The summed E-state index contributed by atoms with van der Waals surface area (Å²) in [5.74, 6) is 0.258. The van der Waals surface area contributed by atoms with Crippen molar-refractivity contribution in [2.24, 2.45) is 0 Å². The van der Waals surface area contributed by atoms with E-state index in [0.717, 1.165) is 17.0 Å². The first-order valence-corrected chi connectivity index (χ1v) is 8.12. The smallest absolute Gasteiger partial charge is 0.255 e. The van der Waals surface area contributed by atoms with Crippen molar-refractivity contribution in [1.82, 2.24) is 14.4 Å². The van der Waals surface area contributed by atoms with Crippen LogP contribution in [-0.2, 0) is 4.79 Å². The van der Waals surface area contributed by atoms with Crippen LogP contribution in [0.3, 0.4) is 0 Å². The Labute approximate surface area is 132 Å². The molecule has 2 rings (SSSR count). The molecule has 0 saturated carbocycles. The first kappa shape index (κ1) is 16.6. The summed E-state index contributed by atoms with van der Waals surface area (Å²) in [7, 11) is 0.